The van der Waals surface area contributed by atoms with Crippen molar-refractivity contribution in [3.05, 3.63) is 47.0 Å². The molecule has 1 saturated heterocycles. The van der Waals surface area contributed by atoms with E-state index in [1.807, 2.05) is 18.2 Å². The molecule has 0 saturated carbocycles. The summed E-state index contributed by atoms with van der Waals surface area (Å²) in [5.41, 5.74) is 2.17. The van der Waals surface area contributed by atoms with Crippen LogP contribution in [0, 0.1) is 0 Å². The van der Waals surface area contributed by atoms with Crippen molar-refractivity contribution in [2.45, 2.75) is 23.3 Å². The van der Waals surface area contributed by atoms with Crippen LogP contribution in [0.2, 0.25) is 5.02 Å². The van der Waals surface area contributed by atoms with Crippen LogP contribution in [0.5, 0.6) is 5.75 Å². The van der Waals surface area contributed by atoms with Crippen LogP contribution >= 0.6 is 34.7 Å². The van der Waals surface area contributed by atoms with Gasteiger partial charge in [0.2, 0.25) is 5.91 Å². The minimum Gasteiger partial charge on any atom is -0.507 e. The van der Waals surface area contributed by atoms with E-state index in [1.165, 1.54) is 29.2 Å². The van der Waals surface area contributed by atoms with Crippen LogP contribution in [0.1, 0.15) is 18.4 Å². The normalized spacial score (nSPS) is 16.5. The molecule has 2 N–H and O–H groups in total. The van der Waals surface area contributed by atoms with Crippen LogP contribution in [0.15, 0.2) is 45.7 Å². The van der Waals surface area contributed by atoms with Crippen LogP contribution in [0.4, 0.5) is 5.69 Å². The van der Waals surface area contributed by atoms with Crippen molar-refractivity contribution in [3.8, 4) is 5.75 Å². The van der Waals surface area contributed by atoms with E-state index in [2.05, 4.69) is 15.3 Å². The zero-order valence-corrected chi connectivity index (χ0v) is 18.4. The maximum Gasteiger partial charge on any atom is 0.230 e. The van der Waals surface area contributed by atoms with E-state index in [4.69, 9.17) is 16.3 Å². The van der Waals surface area contributed by atoms with Crippen LogP contribution < -0.4 is 5.32 Å². The smallest absolute Gasteiger partial charge is 0.230 e. The molecule has 30 heavy (non-hydrogen) atoms. The Morgan fingerprint density at radius 1 is 1.40 bits per heavy atom. The lowest BCUT2D eigenvalue weighted by atomic mass is 10.2. The molecule has 3 aromatic rings. The molecule has 0 radical (unpaired) electrons. The predicted molar refractivity (Wildman–Crippen MR) is 123 cm³/mol. The Bertz CT molecular complexity index is 1080. The van der Waals surface area contributed by atoms with Crippen molar-refractivity contribution in [2.24, 2.45) is 4.99 Å². The number of thioether (sulfide) groups is 1. The van der Waals surface area contributed by atoms with Crippen molar-refractivity contribution in [1.29, 1.82) is 0 Å². The number of aromatic nitrogens is 1. The summed E-state index contributed by atoms with van der Waals surface area (Å²) in [7, 11) is 0. The van der Waals surface area contributed by atoms with Gasteiger partial charge in [-0.15, -0.1) is 11.3 Å². The highest BCUT2D eigenvalue weighted by Crippen LogP contribution is 2.32. The quantitative estimate of drug-likeness (QED) is 0.390. The molecule has 0 spiro atoms. The van der Waals surface area contributed by atoms with Crippen molar-refractivity contribution >= 4 is 62.7 Å². The number of hydrogen-bond acceptors (Lipinski definition) is 7. The number of hydrogen-bond donors (Lipinski definition) is 2. The number of nitrogens with one attached hydrogen (secondary N) is 1. The topological polar surface area (TPSA) is 83.8 Å². The molecule has 1 atom stereocenters. The van der Waals surface area contributed by atoms with Crippen LogP contribution in [-0.4, -0.2) is 47.2 Å². The van der Waals surface area contributed by atoms with Gasteiger partial charge >= 0.3 is 0 Å². The van der Waals surface area contributed by atoms with Gasteiger partial charge in [0.05, 0.1) is 27.8 Å². The third kappa shape index (κ3) is 5.51. The predicted octanol–water partition coefficient (Wildman–Crippen LogP) is 4.79. The van der Waals surface area contributed by atoms with Crippen molar-refractivity contribution < 1.29 is 14.6 Å². The van der Waals surface area contributed by atoms with E-state index >= 15 is 0 Å². The summed E-state index contributed by atoms with van der Waals surface area (Å²) in [6, 6.07) is 10.5. The SMILES string of the molecule is O=C(CSc1nc2ccc(N=Cc3cc(Cl)ccc3O)cc2s1)NC[C@@H]1CCCO1. The average Bonchev–Trinajstić information content (AvgIpc) is 3.40. The molecule has 0 unspecified atom stereocenters. The van der Waals surface area contributed by atoms with Gasteiger partial charge in [0.25, 0.3) is 0 Å². The lowest BCUT2D eigenvalue weighted by molar-refractivity contribution is -0.119. The molecular weight excluding hydrogens is 442 g/mol. The van der Waals surface area contributed by atoms with Gasteiger partial charge < -0.3 is 15.2 Å². The van der Waals surface area contributed by atoms with Gasteiger partial charge in [-0.3, -0.25) is 9.79 Å². The number of amides is 1. The Morgan fingerprint density at radius 2 is 2.30 bits per heavy atom. The molecule has 1 amide bonds. The first kappa shape index (κ1) is 21.1. The number of benzene rings is 2. The first-order valence-corrected chi connectivity index (χ1v) is 11.7. The maximum atomic E-state index is 12.1. The molecule has 2 heterocycles. The number of nitrogens with zero attached hydrogens (tertiary/aromatic N) is 2. The zero-order chi connectivity index (χ0) is 20.9. The van der Waals surface area contributed by atoms with Gasteiger partial charge in [-0.05, 0) is 49.2 Å². The fourth-order valence-corrected chi connectivity index (χ4v) is 5.13. The van der Waals surface area contributed by atoms with Gasteiger partial charge in [0, 0.05) is 30.0 Å². The van der Waals surface area contributed by atoms with Gasteiger partial charge in [0.15, 0.2) is 4.34 Å². The molecule has 156 valence electrons. The van der Waals surface area contributed by atoms with E-state index in [-0.39, 0.29) is 17.8 Å². The summed E-state index contributed by atoms with van der Waals surface area (Å²) in [5, 5.41) is 13.3. The highest BCUT2D eigenvalue weighted by Gasteiger charge is 2.16. The van der Waals surface area contributed by atoms with Gasteiger partial charge in [-0.25, -0.2) is 4.98 Å². The van der Waals surface area contributed by atoms with E-state index in [0.717, 1.165) is 39.7 Å². The fourth-order valence-electron chi connectivity index (χ4n) is 3.02. The number of halogens is 1. The Kier molecular flexibility index (Phi) is 6.89. The molecule has 1 aliphatic heterocycles. The zero-order valence-electron chi connectivity index (χ0n) is 16.0. The molecule has 2 aromatic carbocycles. The van der Waals surface area contributed by atoms with E-state index in [1.54, 1.807) is 18.3 Å². The number of phenols is 1. The van der Waals surface area contributed by atoms with E-state index in [9.17, 15) is 9.90 Å². The van der Waals surface area contributed by atoms with Crippen LogP contribution in [0.25, 0.3) is 10.2 Å². The van der Waals surface area contributed by atoms with Crippen molar-refractivity contribution in [1.82, 2.24) is 10.3 Å². The molecular formula is C21H20ClN3O3S2. The summed E-state index contributed by atoms with van der Waals surface area (Å²) in [5.74, 6) is 0.436. The monoisotopic (exact) mass is 461 g/mol. The standard InChI is InChI=1S/C21H20ClN3O3S2/c22-14-3-6-18(26)13(8-14)10-23-15-4-5-17-19(9-15)30-21(25-17)29-12-20(27)24-11-16-2-1-7-28-16/h3-6,8-10,16,26H,1-2,7,11-12H2,(H,24,27)/t16-/m0/s1. The minimum atomic E-state index is -0.0126. The number of thiazole rings is 1. The molecule has 0 aliphatic carbocycles. The summed E-state index contributed by atoms with van der Waals surface area (Å²) >= 11 is 8.92. The first-order chi connectivity index (χ1) is 14.6. The first-order valence-electron chi connectivity index (χ1n) is 9.51. The number of carbonyl (C=O) groups is 1. The molecule has 0 bridgehead atoms. The third-order valence-electron chi connectivity index (χ3n) is 4.57. The summed E-state index contributed by atoms with van der Waals surface area (Å²) in [4.78, 5) is 21.1. The second-order valence-corrected chi connectivity index (χ2v) is 9.51. The Morgan fingerprint density at radius 3 is 3.13 bits per heavy atom. The third-order valence-corrected chi connectivity index (χ3v) is 6.97. The summed E-state index contributed by atoms with van der Waals surface area (Å²) in [6.07, 6.45) is 3.80. The average molecular weight is 462 g/mol. The number of fused-ring (bicyclic) bond motifs is 1. The molecule has 9 heteroatoms. The number of ether oxygens (including phenoxy) is 1. The fraction of sp³-hybridized carbons (Fsp3) is 0.286. The molecule has 1 fully saturated rings. The van der Waals surface area contributed by atoms with E-state index in [0.29, 0.717) is 22.9 Å². The molecule has 1 aliphatic rings. The Hall–Kier alpha value is -2.13. The lowest BCUT2D eigenvalue weighted by Crippen LogP contribution is -2.32. The highest BCUT2D eigenvalue weighted by atomic mass is 35.5. The Labute approximate surface area is 187 Å². The molecule has 1 aromatic heterocycles. The van der Waals surface area contributed by atoms with Gasteiger partial charge in [0.1, 0.15) is 5.75 Å². The lowest BCUT2D eigenvalue weighted by Gasteiger charge is -2.09. The van der Waals surface area contributed by atoms with Gasteiger partial charge in [-0.1, -0.05) is 23.4 Å². The second-order valence-electron chi connectivity index (χ2n) is 6.82. The highest BCUT2D eigenvalue weighted by molar-refractivity contribution is 8.01. The summed E-state index contributed by atoms with van der Waals surface area (Å²) in [6.45, 7) is 1.36. The number of aliphatic imine (C=N–C) groups is 1. The number of carbonyl (C=O) groups excluding carboxylic acids is 1. The number of aromatic hydroxyl groups is 1. The number of rotatable bonds is 7. The number of phenolic OH excluding ortho intramolecular Hbond substituents is 1. The Balaban J connectivity index is 1.36. The minimum absolute atomic E-state index is 0.0126. The van der Waals surface area contributed by atoms with Gasteiger partial charge in [-0.2, -0.15) is 0 Å². The van der Waals surface area contributed by atoms with Crippen LogP contribution in [-0.2, 0) is 9.53 Å². The summed E-state index contributed by atoms with van der Waals surface area (Å²) < 4.78 is 7.34. The van der Waals surface area contributed by atoms with Crippen molar-refractivity contribution in [3.63, 3.8) is 0 Å². The molecule has 4 rings (SSSR count). The van der Waals surface area contributed by atoms with Crippen LogP contribution in [0.3, 0.4) is 0 Å². The largest absolute Gasteiger partial charge is 0.507 e. The van der Waals surface area contributed by atoms with E-state index < -0.39 is 0 Å². The second kappa shape index (κ2) is 9.78. The maximum absolute atomic E-state index is 12.1. The molecule has 6 nitrogen and oxygen atoms in total. The van der Waals surface area contributed by atoms with Crippen molar-refractivity contribution in [2.75, 3.05) is 18.9 Å².